The Morgan fingerprint density at radius 1 is 1.09 bits per heavy atom. The first kappa shape index (κ1) is 24.4. The lowest BCUT2D eigenvalue weighted by Gasteiger charge is -2.37. The molecule has 2 atom stereocenters. The molecule has 0 saturated carbocycles. The molecule has 0 bridgehead atoms. The van der Waals surface area contributed by atoms with E-state index in [0.29, 0.717) is 30.8 Å². The second-order valence-corrected chi connectivity index (χ2v) is 9.10. The molecule has 1 fully saturated rings. The number of para-hydroxylation sites is 2. The minimum Gasteiger partial charge on any atom is -0.491 e. The highest BCUT2D eigenvalue weighted by atomic mass is 16.6. The molecule has 184 valence electrons. The standard InChI is InChI=1S/C27H36N2O5/c1-18-19(2)23(32-16-15-31-4)10-9-22(18)20(3)29-13-11-21(12-14-29)28-27(30)26-17-33-24-7-5-6-8-25(24)34-26/h5-10,20-21,26H,11-17H2,1-4H3,(H,28,30). The average molecular weight is 469 g/mol. The maximum Gasteiger partial charge on any atom is 0.264 e. The third-order valence-corrected chi connectivity index (χ3v) is 7.00. The molecule has 1 N–H and O–H groups in total. The number of amides is 1. The van der Waals surface area contributed by atoms with E-state index >= 15 is 0 Å². The number of carbonyl (C=O) groups is 1. The fourth-order valence-electron chi connectivity index (χ4n) is 4.73. The van der Waals surface area contributed by atoms with Crippen LogP contribution in [0.5, 0.6) is 17.2 Å². The molecule has 2 aromatic rings. The second-order valence-electron chi connectivity index (χ2n) is 9.10. The number of fused-ring (bicyclic) bond motifs is 1. The van der Waals surface area contributed by atoms with E-state index in [9.17, 15) is 4.79 Å². The highest BCUT2D eigenvalue weighted by molar-refractivity contribution is 5.82. The zero-order valence-electron chi connectivity index (χ0n) is 20.6. The van der Waals surface area contributed by atoms with Crippen LogP contribution < -0.4 is 19.5 Å². The summed E-state index contributed by atoms with van der Waals surface area (Å²) in [7, 11) is 1.68. The number of piperidine rings is 1. The van der Waals surface area contributed by atoms with Gasteiger partial charge in [-0.05, 0) is 68.5 Å². The van der Waals surface area contributed by atoms with Crippen LogP contribution in [0.3, 0.4) is 0 Å². The number of methoxy groups -OCH3 is 1. The van der Waals surface area contributed by atoms with E-state index in [0.717, 1.165) is 31.7 Å². The van der Waals surface area contributed by atoms with Crippen LogP contribution >= 0.6 is 0 Å². The van der Waals surface area contributed by atoms with E-state index in [1.165, 1.54) is 16.7 Å². The van der Waals surface area contributed by atoms with Gasteiger partial charge in [0.25, 0.3) is 5.91 Å². The molecular weight excluding hydrogens is 432 g/mol. The van der Waals surface area contributed by atoms with Gasteiger partial charge < -0.3 is 24.3 Å². The summed E-state index contributed by atoms with van der Waals surface area (Å²) in [5.74, 6) is 2.13. The van der Waals surface area contributed by atoms with Crippen molar-refractivity contribution < 1.29 is 23.7 Å². The molecule has 2 unspecified atom stereocenters. The first-order valence-corrected chi connectivity index (χ1v) is 12.1. The predicted octanol–water partition coefficient (Wildman–Crippen LogP) is 3.81. The molecule has 1 saturated heterocycles. The van der Waals surface area contributed by atoms with E-state index in [1.807, 2.05) is 24.3 Å². The third-order valence-electron chi connectivity index (χ3n) is 7.00. The highest BCUT2D eigenvalue weighted by Gasteiger charge is 2.31. The SMILES string of the molecule is COCCOc1ccc(C(C)N2CCC(NC(=O)C3COc4ccccc4O3)CC2)c(C)c1C. The zero-order valence-corrected chi connectivity index (χ0v) is 20.6. The molecule has 1 amide bonds. The summed E-state index contributed by atoms with van der Waals surface area (Å²) in [6.07, 6.45) is 1.22. The van der Waals surface area contributed by atoms with Gasteiger partial charge in [0.05, 0.1) is 6.61 Å². The highest BCUT2D eigenvalue weighted by Crippen LogP contribution is 2.33. The van der Waals surface area contributed by atoms with Gasteiger partial charge in [0.15, 0.2) is 11.5 Å². The van der Waals surface area contributed by atoms with Crippen molar-refractivity contribution in [3.05, 3.63) is 53.1 Å². The smallest absolute Gasteiger partial charge is 0.264 e. The van der Waals surface area contributed by atoms with Crippen molar-refractivity contribution in [2.24, 2.45) is 0 Å². The molecule has 2 heterocycles. The van der Waals surface area contributed by atoms with Gasteiger partial charge in [-0.25, -0.2) is 0 Å². The Bertz CT molecular complexity index is 987. The molecule has 7 heteroatoms. The van der Waals surface area contributed by atoms with Crippen molar-refractivity contribution >= 4 is 5.91 Å². The summed E-state index contributed by atoms with van der Waals surface area (Å²) < 4.78 is 22.5. The van der Waals surface area contributed by atoms with Crippen LogP contribution in [0.1, 0.15) is 42.5 Å². The Morgan fingerprint density at radius 3 is 2.56 bits per heavy atom. The van der Waals surface area contributed by atoms with Crippen molar-refractivity contribution in [1.29, 1.82) is 0 Å². The van der Waals surface area contributed by atoms with Gasteiger partial charge in [-0.15, -0.1) is 0 Å². The zero-order chi connectivity index (χ0) is 24.1. The quantitative estimate of drug-likeness (QED) is 0.594. The summed E-state index contributed by atoms with van der Waals surface area (Å²) in [6.45, 7) is 9.78. The maximum atomic E-state index is 12.8. The van der Waals surface area contributed by atoms with Gasteiger partial charge in [0.2, 0.25) is 6.10 Å². The minimum atomic E-state index is -0.609. The first-order valence-electron chi connectivity index (χ1n) is 12.1. The summed E-state index contributed by atoms with van der Waals surface area (Å²) in [5, 5.41) is 3.17. The lowest BCUT2D eigenvalue weighted by molar-refractivity contribution is -0.131. The van der Waals surface area contributed by atoms with Gasteiger partial charge in [-0.1, -0.05) is 18.2 Å². The molecule has 0 aliphatic carbocycles. The monoisotopic (exact) mass is 468 g/mol. The number of carbonyl (C=O) groups excluding carboxylic acids is 1. The van der Waals surface area contributed by atoms with Crippen LogP contribution in [-0.2, 0) is 9.53 Å². The lowest BCUT2D eigenvalue weighted by Crippen LogP contribution is -2.51. The van der Waals surface area contributed by atoms with Crippen LogP contribution in [0.15, 0.2) is 36.4 Å². The van der Waals surface area contributed by atoms with Gasteiger partial charge in [0, 0.05) is 32.3 Å². The summed E-state index contributed by atoms with van der Waals surface area (Å²) in [4.78, 5) is 15.3. The Hall–Kier alpha value is -2.77. The van der Waals surface area contributed by atoms with Crippen molar-refractivity contribution in [2.45, 2.75) is 51.8 Å². The van der Waals surface area contributed by atoms with E-state index in [-0.39, 0.29) is 18.6 Å². The molecule has 2 aromatic carbocycles. The number of rotatable bonds is 8. The van der Waals surface area contributed by atoms with Crippen molar-refractivity contribution in [1.82, 2.24) is 10.2 Å². The average Bonchev–Trinajstić information content (AvgIpc) is 2.86. The van der Waals surface area contributed by atoms with Gasteiger partial charge in [0.1, 0.15) is 19.0 Å². The number of likely N-dealkylation sites (tertiary alicyclic amines) is 1. The number of nitrogens with zero attached hydrogens (tertiary/aromatic N) is 1. The topological polar surface area (TPSA) is 69.3 Å². The Balaban J connectivity index is 1.29. The number of hydrogen-bond acceptors (Lipinski definition) is 6. The van der Waals surface area contributed by atoms with E-state index in [2.05, 4.69) is 43.1 Å². The van der Waals surface area contributed by atoms with Gasteiger partial charge in [-0.3, -0.25) is 9.69 Å². The second kappa shape index (κ2) is 11.1. The molecule has 2 aliphatic heterocycles. The van der Waals surface area contributed by atoms with Crippen LogP contribution in [0.25, 0.3) is 0 Å². The Kier molecular flexibility index (Phi) is 7.95. The normalized spacial score (nSPS) is 19.5. The van der Waals surface area contributed by atoms with Crippen molar-refractivity contribution in [2.75, 3.05) is 40.0 Å². The predicted molar refractivity (Wildman–Crippen MR) is 131 cm³/mol. The van der Waals surface area contributed by atoms with Crippen LogP contribution in [0, 0.1) is 13.8 Å². The third kappa shape index (κ3) is 5.47. The number of nitrogens with one attached hydrogen (secondary N) is 1. The minimum absolute atomic E-state index is 0.100. The molecule has 0 aromatic heterocycles. The summed E-state index contributed by atoms with van der Waals surface area (Å²) in [6, 6.07) is 12.2. The number of benzene rings is 2. The van der Waals surface area contributed by atoms with Crippen molar-refractivity contribution in [3.63, 3.8) is 0 Å². The van der Waals surface area contributed by atoms with E-state index < -0.39 is 6.10 Å². The number of hydrogen-bond donors (Lipinski definition) is 1. The molecule has 2 aliphatic rings. The van der Waals surface area contributed by atoms with E-state index in [4.69, 9.17) is 18.9 Å². The number of ether oxygens (including phenoxy) is 4. The van der Waals surface area contributed by atoms with Gasteiger partial charge in [-0.2, -0.15) is 0 Å². The molecule has 4 rings (SSSR count). The van der Waals surface area contributed by atoms with Crippen molar-refractivity contribution in [3.8, 4) is 17.2 Å². The van der Waals surface area contributed by atoms with Gasteiger partial charge >= 0.3 is 0 Å². The van der Waals surface area contributed by atoms with Crippen LogP contribution in [0.2, 0.25) is 0 Å². The largest absolute Gasteiger partial charge is 0.491 e. The van der Waals surface area contributed by atoms with Crippen LogP contribution in [-0.4, -0.2) is 63.0 Å². The van der Waals surface area contributed by atoms with Crippen LogP contribution in [0.4, 0.5) is 0 Å². The first-order chi connectivity index (χ1) is 16.5. The molecular formula is C27H36N2O5. The fraction of sp³-hybridized carbons (Fsp3) is 0.519. The summed E-state index contributed by atoms with van der Waals surface area (Å²) >= 11 is 0. The Labute approximate surface area is 202 Å². The lowest BCUT2D eigenvalue weighted by atomic mass is 9.94. The summed E-state index contributed by atoms with van der Waals surface area (Å²) in [5.41, 5.74) is 3.77. The molecule has 0 radical (unpaired) electrons. The fourth-order valence-corrected chi connectivity index (χ4v) is 4.73. The molecule has 34 heavy (non-hydrogen) atoms. The molecule has 0 spiro atoms. The molecule has 7 nitrogen and oxygen atoms in total. The maximum absolute atomic E-state index is 12.8. The van der Waals surface area contributed by atoms with E-state index in [1.54, 1.807) is 7.11 Å². The Morgan fingerprint density at radius 2 is 1.82 bits per heavy atom.